The summed E-state index contributed by atoms with van der Waals surface area (Å²) in [5.41, 5.74) is 8.45. The molecule has 92 valence electrons. The predicted molar refractivity (Wildman–Crippen MR) is 72.2 cm³/mol. The van der Waals surface area contributed by atoms with Crippen LogP contribution < -0.4 is 10.6 Å². The van der Waals surface area contributed by atoms with Gasteiger partial charge in [0.2, 0.25) is 0 Å². The van der Waals surface area contributed by atoms with Gasteiger partial charge in [-0.15, -0.1) is 0 Å². The number of anilines is 2. The highest BCUT2D eigenvalue weighted by Gasteiger charge is 2.51. The lowest BCUT2D eigenvalue weighted by atomic mass is 9.72. The maximum atomic E-state index is 5.70. The SMILES string of the molecule is CC(C)N1CC2(CN(c3ccc(N)cc3)C2)C1. The number of nitrogens with zero attached hydrogens (tertiary/aromatic N) is 2. The number of nitrogen functional groups attached to an aromatic ring is 1. The van der Waals surface area contributed by atoms with Crippen LogP contribution in [0.1, 0.15) is 13.8 Å². The summed E-state index contributed by atoms with van der Waals surface area (Å²) < 4.78 is 0. The number of hydrogen-bond donors (Lipinski definition) is 1. The molecule has 3 heteroatoms. The largest absolute Gasteiger partial charge is 0.399 e. The smallest absolute Gasteiger partial charge is 0.0368 e. The molecule has 2 heterocycles. The first kappa shape index (κ1) is 10.9. The van der Waals surface area contributed by atoms with Crippen LogP contribution in [0.25, 0.3) is 0 Å². The lowest BCUT2D eigenvalue weighted by Gasteiger charge is -2.62. The highest BCUT2D eigenvalue weighted by molar-refractivity contribution is 5.55. The van der Waals surface area contributed by atoms with E-state index < -0.39 is 0 Å². The van der Waals surface area contributed by atoms with Gasteiger partial charge in [0.25, 0.3) is 0 Å². The molecule has 0 radical (unpaired) electrons. The summed E-state index contributed by atoms with van der Waals surface area (Å²) in [6, 6.07) is 8.93. The van der Waals surface area contributed by atoms with E-state index in [0.717, 1.165) is 5.69 Å². The summed E-state index contributed by atoms with van der Waals surface area (Å²) in [5, 5.41) is 0. The van der Waals surface area contributed by atoms with E-state index in [1.807, 2.05) is 12.1 Å². The maximum absolute atomic E-state index is 5.70. The van der Waals surface area contributed by atoms with Crippen molar-refractivity contribution in [3.63, 3.8) is 0 Å². The fourth-order valence-electron chi connectivity index (χ4n) is 3.01. The van der Waals surface area contributed by atoms with Crippen LogP contribution >= 0.6 is 0 Å². The van der Waals surface area contributed by atoms with E-state index >= 15 is 0 Å². The lowest BCUT2D eigenvalue weighted by Crippen LogP contribution is -2.73. The zero-order valence-corrected chi connectivity index (χ0v) is 10.7. The van der Waals surface area contributed by atoms with Crippen molar-refractivity contribution in [2.45, 2.75) is 19.9 Å². The minimum atomic E-state index is 0.589. The Morgan fingerprint density at radius 2 is 1.65 bits per heavy atom. The van der Waals surface area contributed by atoms with Crippen LogP contribution in [-0.4, -0.2) is 37.1 Å². The third-order valence-corrected chi connectivity index (χ3v) is 4.12. The molecule has 0 unspecified atom stereocenters. The maximum Gasteiger partial charge on any atom is 0.0368 e. The molecule has 2 aliphatic rings. The Kier molecular flexibility index (Phi) is 2.33. The topological polar surface area (TPSA) is 32.5 Å². The molecule has 2 aliphatic heterocycles. The predicted octanol–water partition coefficient (Wildman–Crippen LogP) is 1.80. The zero-order chi connectivity index (χ0) is 12.0. The first-order valence-corrected chi connectivity index (χ1v) is 6.43. The molecule has 0 aromatic heterocycles. The van der Waals surface area contributed by atoms with E-state index in [-0.39, 0.29) is 0 Å². The minimum absolute atomic E-state index is 0.589. The number of nitrogens with two attached hydrogens (primary N) is 1. The molecular formula is C14H21N3. The van der Waals surface area contributed by atoms with Gasteiger partial charge in [0.1, 0.15) is 0 Å². The van der Waals surface area contributed by atoms with Gasteiger partial charge in [-0.2, -0.15) is 0 Å². The third kappa shape index (κ3) is 1.78. The number of benzene rings is 1. The van der Waals surface area contributed by atoms with E-state index in [0.29, 0.717) is 11.5 Å². The molecule has 0 bridgehead atoms. The van der Waals surface area contributed by atoms with Crippen molar-refractivity contribution in [1.82, 2.24) is 4.90 Å². The third-order valence-electron chi connectivity index (χ3n) is 4.12. The first-order valence-electron chi connectivity index (χ1n) is 6.43. The normalized spacial score (nSPS) is 22.6. The van der Waals surface area contributed by atoms with Crippen LogP contribution in [0.5, 0.6) is 0 Å². The van der Waals surface area contributed by atoms with Gasteiger partial charge in [0, 0.05) is 49.0 Å². The van der Waals surface area contributed by atoms with Gasteiger partial charge < -0.3 is 10.6 Å². The van der Waals surface area contributed by atoms with Gasteiger partial charge in [-0.1, -0.05) is 0 Å². The van der Waals surface area contributed by atoms with Crippen LogP contribution in [0.2, 0.25) is 0 Å². The monoisotopic (exact) mass is 231 g/mol. The molecule has 17 heavy (non-hydrogen) atoms. The molecule has 3 nitrogen and oxygen atoms in total. The lowest BCUT2D eigenvalue weighted by molar-refractivity contribution is -0.0411. The van der Waals surface area contributed by atoms with Gasteiger partial charge in [-0.25, -0.2) is 0 Å². The molecule has 0 atom stereocenters. The van der Waals surface area contributed by atoms with Crippen molar-refractivity contribution in [3.05, 3.63) is 24.3 Å². The standard InChI is InChI=1S/C14H21N3/c1-11(2)16-7-14(8-16)9-17(10-14)13-5-3-12(15)4-6-13/h3-6,11H,7-10,15H2,1-2H3. The van der Waals surface area contributed by atoms with Crippen molar-refractivity contribution in [2.75, 3.05) is 36.8 Å². The summed E-state index contributed by atoms with van der Waals surface area (Å²) in [6.07, 6.45) is 0. The number of likely N-dealkylation sites (tertiary alicyclic amines) is 1. The fourth-order valence-corrected chi connectivity index (χ4v) is 3.01. The number of rotatable bonds is 2. The molecule has 2 fully saturated rings. The van der Waals surface area contributed by atoms with Crippen LogP contribution in [0.3, 0.4) is 0 Å². The Morgan fingerprint density at radius 1 is 1.06 bits per heavy atom. The quantitative estimate of drug-likeness (QED) is 0.788. The molecule has 3 rings (SSSR count). The average Bonchev–Trinajstić information content (AvgIpc) is 2.15. The summed E-state index contributed by atoms with van der Waals surface area (Å²) in [7, 11) is 0. The second-order valence-electron chi connectivity index (χ2n) is 5.95. The van der Waals surface area contributed by atoms with Crippen LogP contribution in [0.15, 0.2) is 24.3 Å². The molecule has 0 aliphatic carbocycles. The minimum Gasteiger partial charge on any atom is -0.399 e. The molecule has 2 saturated heterocycles. The Bertz CT molecular complexity index is 396. The van der Waals surface area contributed by atoms with E-state index in [4.69, 9.17) is 5.73 Å². The van der Waals surface area contributed by atoms with E-state index in [2.05, 4.69) is 35.8 Å². The van der Waals surface area contributed by atoms with Crippen LogP contribution in [-0.2, 0) is 0 Å². The van der Waals surface area contributed by atoms with Crippen LogP contribution in [0.4, 0.5) is 11.4 Å². The Balaban J connectivity index is 1.57. The zero-order valence-electron chi connectivity index (χ0n) is 10.7. The molecule has 0 saturated carbocycles. The van der Waals surface area contributed by atoms with Crippen molar-refractivity contribution in [1.29, 1.82) is 0 Å². The molecule has 0 amide bonds. The second-order valence-corrected chi connectivity index (χ2v) is 5.95. The highest BCUT2D eigenvalue weighted by atomic mass is 15.3. The Labute approximate surface area is 103 Å². The summed E-state index contributed by atoms with van der Waals surface area (Å²) in [4.78, 5) is 5.01. The van der Waals surface area contributed by atoms with Crippen molar-refractivity contribution >= 4 is 11.4 Å². The van der Waals surface area contributed by atoms with Crippen LogP contribution in [0, 0.1) is 5.41 Å². The molecule has 1 spiro atoms. The Morgan fingerprint density at radius 3 is 2.18 bits per heavy atom. The summed E-state index contributed by atoms with van der Waals surface area (Å²) >= 11 is 0. The molecule has 1 aromatic rings. The number of hydrogen-bond acceptors (Lipinski definition) is 3. The van der Waals surface area contributed by atoms with Gasteiger partial charge in [0.05, 0.1) is 0 Å². The van der Waals surface area contributed by atoms with Gasteiger partial charge in [0.15, 0.2) is 0 Å². The van der Waals surface area contributed by atoms with Crippen molar-refractivity contribution in [3.8, 4) is 0 Å². The summed E-state index contributed by atoms with van der Waals surface area (Å²) in [5.74, 6) is 0. The Hall–Kier alpha value is -1.22. The summed E-state index contributed by atoms with van der Waals surface area (Å²) in [6.45, 7) is 9.53. The van der Waals surface area contributed by atoms with Gasteiger partial charge in [-0.05, 0) is 38.1 Å². The van der Waals surface area contributed by atoms with Gasteiger partial charge >= 0.3 is 0 Å². The molecular weight excluding hydrogens is 210 g/mol. The van der Waals surface area contributed by atoms with E-state index in [1.165, 1.54) is 31.9 Å². The van der Waals surface area contributed by atoms with Crippen molar-refractivity contribution in [2.24, 2.45) is 5.41 Å². The fraction of sp³-hybridized carbons (Fsp3) is 0.571. The first-order chi connectivity index (χ1) is 8.08. The van der Waals surface area contributed by atoms with E-state index in [9.17, 15) is 0 Å². The molecule has 1 aromatic carbocycles. The average molecular weight is 231 g/mol. The van der Waals surface area contributed by atoms with Gasteiger partial charge in [-0.3, -0.25) is 4.90 Å². The second kappa shape index (κ2) is 3.64. The highest BCUT2D eigenvalue weighted by Crippen LogP contribution is 2.42. The molecule has 2 N–H and O–H groups in total. The van der Waals surface area contributed by atoms with E-state index in [1.54, 1.807) is 0 Å². The van der Waals surface area contributed by atoms with Crippen molar-refractivity contribution < 1.29 is 0 Å².